The van der Waals surface area contributed by atoms with E-state index in [9.17, 15) is 14.9 Å². The van der Waals surface area contributed by atoms with E-state index >= 15 is 0 Å². The van der Waals surface area contributed by atoms with E-state index < -0.39 is 10.9 Å². The number of para-hydroxylation sites is 1. The standard InChI is InChI=1S/C10H6N2O5/c13-10(14)7-5-11-17-9(7)6-3-1-2-4-8(6)12(15)16/h1-5H,(H,13,14). The van der Waals surface area contributed by atoms with Crippen molar-refractivity contribution in [2.24, 2.45) is 0 Å². The lowest BCUT2D eigenvalue weighted by Crippen LogP contribution is -1.98. The summed E-state index contributed by atoms with van der Waals surface area (Å²) in [6.07, 6.45) is 1.01. The van der Waals surface area contributed by atoms with E-state index in [2.05, 4.69) is 5.16 Å². The topological polar surface area (TPSA) is 106 Å². The van der Waals surface area contributed by atoms with Gasteiger partial charge in [-0.1, -0.05) is 17.3 Å². The molecular formula is C10H6N2O5. The fraction of sp³-hybridized carbons (Fsp3) is 0. The molecule has 0 bridgehead atoms. The van der Waals surface area contributed by atoms with E-state index in [1.807, 2.05) is 0 Å². The Balaban J connectivity index is 2.64. The molecule has 0 fully saturated rings. The molecule has 17 heavy (non-hydrogen) atoms. The monoisotopic (exact) mass is 234 g/mol. The molecule has 7 heteroatoms. The Bertz CT molecular complexity index is 590. The second kappa shape index (κ2) is 4.05. The quantitative estimate of drug-likeness (QED) is 0.642. The van der Waals surface area contributed by atoms with Crippen LogP contribution < -0.4 is 0 Å². The van der Waals surface area contributed by atoms with Crippen LogP contribution in [0.1, 0.15) is 10.4 Å². The molecule has 86 valence electrons. The molecule has 1 heterocycles. The summed E-state index contributed by atoms with van der Waals surface area (Å²) in [6.45, 7) is 0. The zero-order valence-corrected chi connectivity index (χ0v) is 8.36. The maximum atomic E-state index is 10.9. The summed E-state index contributed by atoms with van der Waals surface area (Å²) in [5.74, 6) is -1.37. The molecule has 1 N–H and O–H groups in total. The van der Waals surface area contributed by atoms with Crippen molar-refractivity contribution in [3.05, 3.63) is 46.1 Å². The predicted molar refractivity (Wildman–Crippen MR) is 55.6 cm³/mol. The lowest BCUT2D eigenvalue weighted by atomic mass is 10.1. The first kappa shape index (κ1) is 10.8. The Morgan fingerprint density at radius 3 is 2.76 bits per heavy atom. The van der Waals surface area contributed by atoms with Crippen LogP contribution >= 0.6 is 0 Å². The molecule has 0 amide bonds. The second-order valence-electron chi connectivity index (χ2n) is 3.15. The van der Waals surface area contributed by atoms with Crippen molar-refractivity contribution in [2.45, 2.75) is 0 Å². The normalized spacial score (nSPS) is 10.1. The van der Waals surface area contributed by atoms with Crippen molar-refractivity contribution in [2.75, 3.05) is 0 Å². The summed E-state index contributed by atoms with van der Waals surface area (Å²) in [7, 11) is 0. The van der Waals surface area contributed by atoms with Gasteiger partial charge in [-0.05, 0) is 6.07 Å². The van der Waals surface area contributed by atoms with E-state index in [1.54, 1.807) is 6.07 Å². The summed E-state index contributed by atoms with van der Waals surface area (Å²) in [6, 6.07) is 5.71. The zero-order chi connectivity index (χ0) is 12.4. The average molecular weight is 234 g/mol. The number of hydrogen-bond acceptors (Lipinski definition) is 5. The van der Waals surface area contributed by atoms with Crippen molar-refractivity contribution < 1.29 is 19.3 Å². The number of rotatable bonds is 3. The van der Waals surface area contributed by atoms with Gasteiger partial charge in [0.05, 0.1) is 16.7 Å². The highest BCUT2D eigenvalue weighted by atomic mass is 16.6. The molecule has 2 aromatic rings. The van der Waals surface area contributed by atoms with Crippen LogP contribution in [0.4, 0.5) is 5.69 Å². The fourth-order valence-corrected chi connectivity index (χ4v) is 1.41. The number of carboxylic acid groups (broad SMARTS) is 1. The summed E-state index contributed by atoms with van der Waals surface area (Å²) in [5.41, 5.74) is -0.349. The van der Waals surface area contributed by atoms with Gasteiger partial charge >= 0.3 is 5.97 Å². The highest BCUT2D eigenvalue weighted by Crippen LogP contribution is 2.31. The van der Waals surface area contributed by atoms with Crippen molar-refractivity contribution >= 4 is 11.7 Å². The third-order valence-corrected chi connectivity index (χ3v) is 2.15. The van der Waals surface area contributed by atoms with Crippen LogP contribution in [0.5, 0.6) is 0 Å². The first-order chi connectivity index (χ1) is 8.11. The maximum Gasteiger partial charge on any atom is 0.341 e. The highest BCUT2D eigenvalue weighted by molar-refractivity contribution is 5.95. The summed E-state index contributed by atoms with van der Waals surface area (Å²) in [5, 5.41) is 23.0. The van der Waals surface area contributed by atoms with Gasteiger partial charge < -0.3 is 9.63 Å². The lowest BCUT2D eigenvalue weighted by molar-refractivity contribution is -0.384. The lowest BCUT2D eigenvalue weighted by Gasteiger charge is -1.99. The molecule has 0 aliphatic carbocycles. The Morgan fingerprint density at radius 2 is 2.12 bits per heavy atom. The van der Waals surface area contributed by atoms with Crippen LogP contribution in [0.15, 0.2) is 35.0 Å². The third kappa shape index (κ3) is 1.85. The van der Waals surface area contributed by atoms with Gasteiger partial charge in [-0.3, -0.25) is 10.1 Å². The van der Waals surface area contributed by atoms with Gasteiger partial charge in [-0.2, -0.15) is 0 Å². The molecule has 0 radical (unpaired) electrons. The molecule has 1 aromatic heterocycles. The molecule has 0 aliphatic rings. The van der Waals surface area contributed by atoms with E-state index in [1.165, 1.54) is 18.2 Å². The van der Waals surface area contributed by atoms with Crippen LogP contribution in [0.2, 0.25) is 0 Å². The number of nitro benzene ring substituents is 1. The van der Waals surface area contributed by atoms with Crippen LogP contribution in [-0.4, -0.2) is 21.2 Å². The van der Waals surface area contributed by atoms with Crippen molar-refractivity contribution in [1.29, 1.82) is 0 Å². The SMILES string of the molecule is O=C(O)c1cnoc1-c1ccccc1[N+](=O)[O-]. The molecule has 0 aliphatic heterocycles. The molecule has 7 nitrogen and oxygen atoms in total. The number of nitrogens with zero attached hydrogens (tertiary/aromatic N) is 2. The Morgan fingerprint density at radius 1 is 1.41 bits per heavy atom. The molecule has 1 aromatic carbocycles. The minimum Gasteiger partial charge on any atom is -0.477 e. The van der Waals surface area contributed by atoms with Crippen LogP contribution in [-0.2, 0) is 0 Å². The summed E-state index contributed by atoms with van der Waals surface area (Å²) in [4.78, 5) is 21.1. The van der Waals surface area contributed by atoms with E-state index in [-0.39, 0.29) is 22.6 Å². The number of aromatic carboxylic acids is 1. The Labute approximate surface area is 94.4 Å². The smallest absolute Gasteiger partial charge is 0.341 e. The molecular weight excluding hydrogens is 228 g/mol. The molecule has 0 saturated heterocycles. The number of hydrogen-bond donors (Lipinski definition) is 1. The average Bonchev–Trinajstić information content (AvgIpc) is 2.77. The summed E-state index contributed by atoms with van der Waals surface area (Å²) < 4.78 is 4.77. The van der Waals surface area contributed by atoms with E-state index in [0.29, 0.717) is 0 Å². The van der Waals surface area contributed by atoms with Crippen LogP contribution in [0, 0.1) is 10.1 Å². The first-order valence-electron chi connectivity index (χ1n) is 4.53. The minimum atomic E-state index is -1.25. The fourth-order valence-electron chi connectivity index (χ4n) is 1.41. The van der Waals surface area contributed by atoms with Crippen LogP contribution in [0.3, 0.4) is 0 Å². The number of benzene rings is 1. The third-order valence-electron chi connectivity index (χ3n) is 2.15. The van der Waals surface area contributed by atoms with Gasteiger partial charge in [0.2, 0.25) is 0 Å². The largest absolute Gasteiger partial charge is 0.477 e. The van der Waals surface area contributed by atoms with Crippen molar-refractivity contribution in [3.8, 4) is 11.3 Å². The van der Waals surface area contributed by atoms with Gasteiger partial charge in [-0.15, -0.1) is 0 Å². The molecule has 0 saturated carbocycles. The zero-order valence-electron chi connectivity index (χ0n) is 8.36. The molecule has 2 rings (SSSR count). The van der Waals surface area contributed by atoms with Gasteiger partial charge in [0.25, 0.3) is 5.69 Å². The minimum absolute atomic E-state index is 0.0902. The number of carbonyl (C=O) groups is 1. The Kier molecular flexibility index (Phi) is 2.57. The predicted octanol–water partition coefficient (Wildman–Crippen LogP) is 1.95. The van der Waals surface area contributed by atoms with Crippen molar-refractivity contribution in [1.82, 2.24) is 5.16 Å². The van der Waals surface area contributed by atoms with Gasteiger partial charge in [0, 0.05) is 6.07 Å². The van der Waals surface area contributed by atoms with Gasteiger partial charge in [-0.25, -0.2) is 4.79 Å². The molecule has 0 atom stereocenters. The second-order valence-corrected chi connectivity index (χ2v) is 3.15. The van der Waals surface area contributed by atoms with Crippen molar-refractivity contribution in [3.63, 3.8) is 0 Å². The molecule has 0 unspecified atom stereocenters. The Hall–Kier alpha value is -2.70. The van der Waals surface area contributed by atoms with Gasteiger partial charge in [0.1, 0.15) is 5.56 Å². The maximum absolute atomic E-state index is 10.9. The number of aromatic nitrogens is 1. The first-order valence-corrected chi connectivity index (χ1v) is 4.53. The highest BCUT2D eigenvalue weighted by Gasteiger charge is 2.23. The van der Waals surface area contributed by atoms with Gasteiger partial charge in [0.15, 0.2) is 5.76 Å². The molecule has 0 spiro atoms. The van der Waals surface area contributed by atoms with Crippen LogP contribution in [0.25, 0.3) is 11.3 Å². The number of nitro groups is 1. The summed E-state index contributed by atoms with van der Waals surface area (Å²) >= 11 is 0. The van der Waals surface area contributed by atoms with E-state index in [0.717, 1.165) is 6.20 Å². The number of carboxylic acids is 1. The van der Waals surface area contributed by atoms with E-state index in [4.69, 9.17) is 9.63 Å².